The van der Waals surface area contributed by atoms with Crippen LogP contribution < -0.4 is 18.9 Å². The van der Waals surface area contributed by atoms with Gasteiger partial charge in [-0.1, -0.05) is 34.1 Å². The Labute approximate surface area is 200 Å². The molecule has 0 saturated carbocycles. The standard InChI is InChI=1S/C26H22BrNO5/c1-30-22-9-5-17(12-23(22)31-2)13-28-14-20-21(32-15-28)10-8-19-25(29)24(33-26(19)20)11-16-3-6-18(27)7-4-16/h3-12H,13-15H2,1-2H3/b24-11-. The molecule has 33 heavy (non-hydrogen) atoms. The highest BCUT2D eigenvalue weighted by atomic mass is 79.9. The van der Waals surface area contributed by atoms with E-state index in [-0.39, 0.29) is 5.78 Å². The number of allylic oxidation sites excluding steroid dienone is 1. The molecule has 0 aromatic heterocycles. The normalized spacial score (nSPS) is 16.1. The van der Waals surface area contributed by atoms with Crippen LogP contribution in [0.5, 0.6) is 23.0 Å². The summed E-state index contributed by atoms with van der Waals surface area (Å²) in [4.78, 5) is 15.1. The average molecular weight is 508 g/mol. The van der Waals surface area contributed by atoms with Gasteiger partial charge >= 0.3 is 0 Å². The Morgan fingerprint density at radius 2 is 1.82 bits per heavy atom. The van der Waals surface area contributed by atoms with E-state index in [0.29, 0.717) is 48.4 Å². The van der Waals surface area contributed by atoms with E-state index in [1.165, 1.54) is 0 Å². The molecule has 168 valence electrons. The third-order valence-electron chi connectivity index (χ3n) is 5.70. The topological polar surface area (TPSA) is 57.2 Å². The SMILES string of the molecule is COc1ccc(CN2COc3ccc4c(c3C2)O/C(=C\c2ccc(Br)cc2)C4=O)cc1OC. The summed E-state index contributed by atoms with van der Waals surface area (Å²) in [5, 5.41) is 0. The number of carbonyl (C=O) groups is 1. The van der Waals surface area contributed by atoms with Crippen LogP contribution in [0.15, 0.2) is 64.8 Å². The van der Waals surface area contributed by atoms with Crippen molar-refractivity contribution in [1.82, 2.24) is 4.90 Å². The first-order chi connectivity index (χ1) is 16.1. The number of hydrogen-bond acceptors (Lipinski definition) is 6. The number of fused-ring (bicyclic) bond motifs is 3. The van der Waals surface area contributed by atoms with Crippen molar-refractivity contribution in [2.75, 3.05) is 21.0 Å². The molecular weight excluding hydrogens is 486 g/mol. The molecule has 0 unspecified atom stereocenters. The van der Waals surface area contributed by atoms with Gasteiger partial charge in [-0.25, -0.2) is 0 Å². The van der Waals surface area contributed by atoms with Gasteiger partial charge in [-0.2, -0.15) is 0 Å². The monoisotopic (exact) mass is 507 g/mol. The van der Waals surface area contributed by atoms with Crippen LogP contribution in [0.2, 0.25) is 0 Å². The van der Waals surface area contributed by atoms with Gasteiger partial charge in [-0.3, -0.25) is 9.69 Å². The molecule has 0 fully saturated rings. The fourth-order valence-electron chi connectivity index (χ4n) is 4.05. The van der Waals surface area contributed by atoms with Gasteiger partial charge < -0.3 is 18.9 Å². The lowest BCUT2D eigenvalue weighted by atomic mass is 10.0. The predicted octanol–water partition coefficient (Wildman–Crippen LogP) is 5.43. The highest BCUT2D eigenvalue weighted by Crippen LogP contribution is 2.42. The predicted molar refractivity (Wildman–Crippen MR) is 128 cm³/mol. The van der Waals surface area contributed by atoms with Crippen molar-refractivity contribution in [1.29, 1.82) is 0 Å². The molecule has 7 heteroatoms. The van der Waals surface area contributed by atoms with Crippen molar-refractivity contribution in [3.8, 4) is 23.0 Å². The van der Waals surface area contributed by atoms with Crippen LogP contribution in [0.4, 0.5) is 0 Å². The molecule has 5 rings (SSSR count). The van der Waals surface area contributed by atoms with E-state index in [2.05, 4.69) is 20.8 Å². The molecule has 6 nitrogen and oxygen atoms in total. The average Bonchev–Trinajstić information content (AvgIpc) is 3.16. The van der Waals surface area contributed by atoms with Crippen LogP contribution in [0.1, 0.15) is 27.0 Å². The fourth-order valence-corrected chi connectivity index (χ4v) is 4.32. The minimum Gasteiger partial charge on any atom is -0.493 e. The number of methoxy groups -OCH3 is 2. The van der Waals surface area contributed by atoms with Crippen LogP contribution >= 0.6 is 15.9 Å². The van der Waals surface area contributed by atoms with Gasteiger partial charge in [0.05, 0.1) is 25.3 Å². The van der Waals surface area contributed by atoms with E-state index in [9.17, 15) is 4.79 Å². The lowest BCUT2D eigenvalue weighted by molar-refractivity contribution is 0.0872. The molecule has 3 aromatic carbocycles. The fraction of sp³-hybridized carbons (Fsp3) is 0.192. The summed E-state index contributed by atoms with van der Waals surface area (Å²) in [6, 6.07) is 17.2. The van der Waals surface area contributed by atoms with Gasteiger partial charge in [0.2, 0.25) is 5.78 Å². The number of ether oxygens (including phenoxy) is 4. The molecule has 2 aliphatic rings. The molecule has 2 aliphatic heterocycles. The Bertz CT molecular complexity index is 1250. The van der Waals surface area contributed by atoms with E-state index < -0.39 is 0 Å². The zero-order valence-corrected chi connectivity index (χ0v) is 19.8. The largest absolute Gasteiger partial charge is 0.493 e. The Kier molecular flexibility index (Phi) is 5.83. The Morgan fingerprint density at radius 1 is 1.03 bits per heavy atom. The van der Waals surface area contributed by atoms with E-state index in [1.54, 1.807) is 26.4 Å². The lowest BCUT2D eigenvalue weighted by Gasteiger charge is -2.29. The second-order valence-electron chi connectivity index (χ2n) is 7.86. The van der Waals surface area contributed by atoms with Gasteiger partial charge in [0.25, 0.3) is 0 Å². The maximum absolute atomic E-state index is 13.0. The van der Waals surface area contributed by atoms with Crippen molar-refractivity contribution in [3.05, 3.63) is 87.1 Å². The minimum absolute atomic E-state index is 0.118. The van der Waals surface area contributed by atoms with Crippen molar-refractivity contribution in [3.63, 3.8) is 0 Å². The summed E-state index contributed by atoms with van der Waals surface area (Å²) in [5.41, 5.74) is 3.41. The molecule has 0 amide bonds. The molecule has 0 radical (unpaired) electrons. The van der Waals surface area contributed by atoms with E-state index in [4.69, 9.17) is 18.9 Å². The summed E-state index contributed by atoms with van der Waals surface area (Å²) in [7, 11) is 3.24. The summed E-state index contributed by atoms with van der Waals surface area (Å²) < 4.78 is 23.8. The van der Waals surface area contributed by atoms with Crippen LogP contribution in [-0.4, -0.2) is 31.6 Å². The van der Waals surface area contributed by atoms with Gasteiger partial charge in [0, 0.05) is 17.6 Å². The van der Waals surface area contributed by atoms with E-state index >= 15 is 0 Å². The minimum atomic E-state index is -0.118. The van der Waals surface area contributed by atoms with Gasteiger partial charge in [0.15, 0.2) is 17.3 Å². The molecule has 0 saturated heterocycles. The number of ketones is 1. The third-order valence-corrected chi connectivity index (χ3v) is 6.23. The van der Waals surface area contributed by atoms with Gasteiger partial charge in [-0.15, -0.1) is 0 Å². The number of carbonyl (C=O) groups excluding carboxylic acids is 1. The summed E-state index contributed by atoms with van der Waals surface area (Å²) in [5.74, 6) is 2.90. The maximum Gasteiger partial charge on any atom is 0.231 e. The van der Waals surface area contributed by atoms with Crippen molar-refractivity contribution in [2.24, 2.45) is 0 Å². The number of benzene rings is 3. The highest BCUT2D eigenvalue weighted by Gasteiger charge is 2.33. The lowest BCUT2D eigenvalue weighted by Crippen LogP contribution is -2.31. The van der Waals surface area contributed by atoms with Crippen LogP contribution in [0.3, 0.4) is 0 Å². The first kappa shape index (κ1) is 21.6. The summed E-state index contributed by atoms with van der Waals surface area (Å²) >= 11 is 3.43. The smallest absolute Gasteiger partial charge is 0.231 e. The van der Waals surface area contributed by atoms with E-state index in [0.717, 1.165) is 26.9 Å². The quantitative estimate of drug-likeness (QED) is 0.429. The van der Waals surface area contributed by atoms with Gasteiger partial charge in [-0.05, 0) is 53.6 Å². The van der Waals surface area contributed by atoms with Crippen LogP contribution in [0.25, 0.3) is 6.08 Å². The van der Waals surface area contributed by atoms with Crippen LogP contribution in [-0.2, 0) is 13.1 Å². The van der Waals surface area contributed by atoms with Gasteiger partial charge in [0.1, 0.15) is 18.2 Å². The molecule has 2 heterocycles. The molecule has 0 N–H and O–H groups in total. The molecule has 3 aromatic rings. The Balaban J connectivity index is 1.39. The van der Waals surface area contributed by atoms with Crippen molar-refractivity contribution < 1.29 is 23.7 Å². The molecule has 0 atom stereocenters. The van der Waals surface area contributed by atoms with Crippen molar-refractivity contribution >= 4 is 27.8 Å². The second kappa shape index (κ2) is 8.92. The molecular formula is C26H22BrNO5. The molecule has 0 bridgehead atoms. The second-order valence-corrected chi connectivity index (χ2v) is 8.78. The van der Waals surface area contributed by atoms with Crippen molar-refractivity contribution in [2.45, 2.75) is 13.1 Å². The third kappa shape index (κ3) is 4.21. The summed E-state index contributed by atoms with van der Waals surface area (Å²) in [6.45, 7) is 1.69. The number of rotatable bonds is 5. The Hall–Kier alpha value is -3.29. The Morgan fingerprint density at radius 3 is 2.58 bits per heavy atom. The highest BCUT2D eigenvalue weighted by molar-refractivity contribution is 9.10. The summed E-state index contributed by atoms with van der Waals surface area (Å²) in [6.07, 6.45) is 1.77. The maximum atomic E-state index is 13.0. The first-order valence-electron chi connectivity index (χ1n) is 10.5. The first-order valence-corrected chi connectivity index (χ1v) is 11.3. The van der Waals surface area contributed by atoms with E-state index in [1.807, 2.05) is 48.5 Å². The van der Waals surface area contributed by atoms with Crippen LogP contribution in [0, 0.1) is 0 Å². The number of halogens is 1. The number of hydrogen-bond donors (Lipinski definition) is 0. The zero-order valence-electron chi connectivity index (χ0n) is 18.3. The number of nitrogens with zero attached hydrogens (tertiary/aromatic N) is 1. The number of Topliss-reactive ketones (excluding diaryl/α,β-unsaturated/α-hetero) is 1. The zero-order chi connectivity index (χ0) is 22.9. The molecule has 0 spiro atoms. The molecule has 0 aliphatic carbocycles.